The number of hydrogen-bond donors (Lipinski definition) is 0. The molecule has 0 aromatic heterocycles. The van der Waals surface area contributed by atoms with Gasteiger partial charge in [-0.1, -0.05) is 62.4 Å². The predicted octanol–water partition coefficient (Wildman–Crippen LogP) is 4.56. The van der Waals surface area contributed by atoms with Crippen LogP contribution in [0.2, 0.25) is 0 Å². The minimum atomic E-state index is -0.185. The van der Waals surface area contributed by atoms with E-state index in [1.165, 1.54) is 11.1 Å². The van der Waals surface area contributed by atoms with Gasteiger partial charge in [-0.05, 0) is 36.0 Å². The Labute approximate surface area is 115 Å². The molecule has 19 heavy (non-hydrogen) atoms. The van der Waals surface area contributed by atoms with Crippen LogP contribution >= 0.6 is 0 Å². The maximum absolute atomic E-state index is 6.47. The van der Waals surface area contributed by atoms with E-state index in [4.69, 9.17) is 4.74 Å². The van der Waals surface area contributed by atoms with Crippen LogP contribution in [-0.2, 0) is 12.0 Å². The van der Waals surface area contributed by atoms with Gasteiger partial charge in [0.2, 0.25) is 0 Å². The Bertz CT molecular complexity index is 559. The highest BCUT2D eigenvalue weighted by Gasteiger charge is 2.40. The summed E-state index contributed by atoms with van der Waals surface area (Å²) in [6, 6.07) is 19.1. The van der Waals surface area contributed by atoms with Gasteiger partial charge < -0.3 is 4.74 Å². The lowest BCUT2D eigenvalue weighted by molar-refractivity contribution is -0.00275. The molecule has 1 unspecified atom stereocenters. The third-order valence-corrected chi connectivity index (χ3v) is 4.23. The Morgan fingerprint density at radius 1 is 0.947 bits per heavy atom. The van der Waals surface area contributed by atoms with Crippen LogP contribution in [0.5, 0.6) is 5.75 Å². The predicted molar refractivity (Wildman–Crippen MR) is 78.3 cm³/mol. The number of rotatable bonds is 2. The molecule has 0 aliphatic carbocycles. The SMILES string of the molecule is CC(C)C1(c2ccccc2)CCc2ccccc2O1. The number of fused-ring (bicyclic) bond motifs is 1. The van der Waals surface area contributed by atoms with Crippen molar-refractivity contribution in [2.24, 2.45) is 5.92 Å². The molecule has 1 heteroatoms. The van der Waals surface area contributed by atoms with Crippen molar-refractivity contribution in [2.75, 3.05) is 0 Å². The van der Waals surface area contributed by atoms with Crippen molar-refractivity contribution in [1.82, 2.24) is 0 Å². The van der Waals surface area contributed by atoms with Crippen LogP contribution in [0.15, 0.2) is 54.6 Å². The molecule has 1 nitrogen and oxygen atoms in total. The van der Waals surface area contributed by atoms with E-state index in [1.54, 1.807) is 0 Å². The monoisotopic (exact) mass is 252 g/mol. The summed E-state index contributed by atoms with van der Waals surface area (Å²) in [5, 5.41) is 0. The second kappa shape index (κ2) is 4.73. The van der Waals surface area contributed by atoms with Crippen molar-refractivity contribution in [2.45, 2.75) is 32.3 Å². The van der Waals surface area contributed by atoms with Crippen molar-refractivity contribution in [3.63, 3.8) is 0 Å². The quantitative estimate of drug-likeness (QED) is 0.761. The maximum Gasteiger partial charge on any atom is 0.137 e. The number of hydrogen-bond acceptors (Lipinski definition) is 1. The molecule has 0 fully saturated rings. The molecule has 1 aliphatic heterocycles. The molecule has 2 aromatic carbocycles. The molecule has 1 heterocycles. The van der Waals surface area contributed by atoms with Crippen LogP contribution in [0.25, 0.3) is 0 Å². The van der Waals surface area contributed by atoms with Gasteiger partial charge in [-0.25, -0.2) is 0 Å². The molecule has 1 atom stereocenters. The zero-order valence-corrected chi connectivity index (χ0v) is 11.6. The van der Waals surface area contributed by atoms with Crippen LogP contribution in [-0.4, -0.2) is 0 Å². The Morgan fingerprint density at radius 3 is 2.37 bits per heavy atom. The first-order valence-corrected chi connectivity index (χ1v) is 7.05. The largest absolute Gasteiger partial charge is 0.482 e. The van der Waals surface area contributed by atoms with Crippen molar-refractivity contribution in [3.8, 4) is 5.75 Å². The molecule has 3 rings (SSSR count). The summed E-state index contributed by atoms with van der Waals surface area (Å²) in [5.41, 5.74) is 2.43. The molecule has 0 N–H and O–H groups in total. The lowest BCUT2D eigenvalue weighted by atomic mass is 9.77. The van der Waals surface area contributed by atoms with E-state index >= 15 is 0 Å². The summed E-state index contributed by atoms with van der Waals surface area (Å²) < 4.78 is 6.47. The van der Waals surface area contributed by atoms with Gasteiger partial charge in [0.1, 0.15) is 11.4 Å². The summed E-state index contributed by atoms with van der Waals surface area (Å²) in [7, 11) is 0. The van der Waals surface area contributed by atoms with E-state index in [0.29, 0.717) is 5.92 Å². The Morgan fingerprint density at radius 2 is 1.63 bits per heavy atom. The van der Waals surface area contributed by atoms with Crippen molar-refractivity contribution in [3.05, 3.63) is 65.7 Å². The fourth-order valence-corrected chi connectivity index (χ4v) is 3.04. The molecule has 98 valence electrons. The van der Waals surface area contributed by atoms with E-state index in [9.17, 15) is 0 Å². The van der Waals surface area contributed by atoms with E-state index < -0.39 is 0 Å². The smallest absolute Gasteiger partial charge is 0.137 e. The molecular weight excluding hydrogens is 232 g/mol. The lowest BCUT2D eigenvalue weighted by Crippen LogP contribution is -2.41. The first kappa shape index (κ1) is 12.3. The molecule has 0 saturated carbocycles. The van der Waals surface area contributed by atoms with E-state index in [-0.39, 0.29) is 5.60 Å². The van der Waals surface area contributed by atoms with Gasteiger partial charge in [-0.15, -0.1) is 0 Å². The van der Waals surface area contributed by atoms with E-state index in [1.807, 2.05) is 0 Å². The van der Waals surface area contributed by atoms with Gasteiger partial charge in [-0.2, -0.15) is 0 Å². The zero-order chi connectivity index (χ0) is 13.3. The Kier molecular flexibility index (Phi) is 3.06. The highest BCUT2D eigenvalue weighted by Crippen LogP contribution is 2.44. The van der Waals surface area contributed by atoms with Crippen molar-refractivity contribution < 1.29 is 4.74 Å². The van der Waals surface area contributed by atoms with Gasteiger partial charge in [-0.3, -0.25) is 0 Å². The highest BCUT2D eigenvalue weighted by molar-refractivity contribution is 5.38. The molecule has 0 saturated heterocycles. The first-order chi connectivity index (χ1) is 9.22. The summed E-state index contributed by atoms with van der Waals surface area (Å²) in [6.45, 7) is 4.50. The molecule has 2 aromatic rings. The molecular formula is C18H20O. The van der Waals surface area contributed by atoms with Crippen LogP contribution in [0.3, 0.4) is 0 Å². The third-order valence-electron chi connectivity index (χ3n) is 4.23. The average molecular weight is 252 g/mol. The van der Waals surface area contributed by atoms with Gasteiger partial charge in [0, 0.05) is 0 Å². The standard InChI is InChI=1S/C18H20O/c1-14(2)18(16-9-4-3-5-10-16)13-12-15-8-6-7-11-17(15)19-18/h3-11,14H,12-13H2,1-2H3. The normalized spacial score (nSPS) is 21.8. The maximum atomic E-state index is 6.47. The van der Waals surface area contributed by atoms with Gasteiger partial charge in [0.15, 0.2) is 0 Å². The molecule has 1 aliphatic rings. The number of aryl methyl sites for hydroxylation is 1. The van der Waals surface area contributed by atoms with Crippen molar-refractivity contribution >= 4 is 0 Å². The molecule has 0 radical (unpaired) electrons. The van der Waals surface area contributed by atoms with Gasteiger partial charge in [0.05, 0.1) is 0 Å². The van der Waals surface area contributed by atoms with Gasteiger partial charge >= 0.3 is 0 Å². The number of para-hydroxylation sites is 1. The van der Waals surface area contributed by atoms with Crippen LogP contribution in [0.4, 0.5) is 0 Å². The van der Waals surface area contributed by atoms with Crippen LogP contribution in [0, 0.1) is 5.92 Å². The fourth-order valence-electron chi connectivity index (χ4n) is 3.04. The second-order valence-corrected chi connectivity index (χ2v) is 5.62. The number of ether oxygens (including phenoxy) is 1. The second-order valence-electron chi connectivity index (χ2n) is 5.62. The highest BCUT2D eigenvalue weighted by atomic mass is 16.5. The molecule has 0 bridgehead atoms. The summed E-state index contributed by atoms with van der Waals surface area (Å²) >= 11 is 0. The fraction of sp³-hybridized carbons (Fsp3) is 0.333. The summed E-state index contributed by atoms with van der Waals surface area (Å²) in [4.78, 5) is 0. The lowest BCUT2D eigenvalue weighted by Gasteiger charge is -2.42. The molecule has 0 amide bonds. The van der Waals surface area contributed by atoms with E-state index in [0.717, 1.165) is 18.6 Å². The molecule has 0 spiro atoms. The topological polar surface area (TPSA) is 9.23 Å². The summed E-state index contributed by atoms with van der Waals surface area (Å²) in [6.07, 6.45) is 2.13. The Balaban J connectivity index is 2.06. The van der Waals surface area contributed by atoms with Crippen molar-refractivity contribution in [1.29, 1.82) is 0 Å². The van der Waals surface area contributed by atoms with E-state index in [2.05, 4.69) is 68.4 Å². The average Bonchev–Trinajstić information content (AvgIpc) is 2.47. The zero-order valence-electron chi connectivity index (χ0n) is 11.6. The van der Waals surface area contributed by atoms with Gasteiger partial charge in [0.25, 0.3) is 0 Å². The minimum absolute atomic E-state index is 0.185. The summed E-state index contributed by atoms with van der Waals surface area (Å²) in [5.74, 6) is 1.49. The minimum Gasteiger partial charge on any atom is -0.482 e. The number of benzene rings is 2. The Hall–Kier alpha value is -1.76. The third kappa shape index (κ3) is 2.03. The van der Waals surface area contributed by atoms with Crippen LogP contribution < -0.4 is 4.74 Å². The first-order valence-electron chi connectivity index (χ1n) is 7.05. The van der Waals surface area contributed by atoms with Crippen LogP contribution in [0.1, 0.15) is 31.4 Å².